The van der Waals surface area contributed by atoms with Crippen LogP contribution in [0.1, 0.15) is 5.56 Å². The number of rotatable bonds is 1. The fraction of sp³-hybridized carbons (Fsp3) is 0.111. The van der Waals surface area contributed by atoms with Gasteiger partial charge in [0.05, 0.1) is 0 Å². The lowest BCUT2D eigenvalue weighted by Gasteiger charge is -2.19. The second-order valence-electron chi connectivity index (χ2n) is 2.81. The molecule has 14 heavy (non-hydrogen) atoms. The van der Waals surface area contributed by atoms with Crippen LogP contribution < -0.4 is 5.48 Å². The molecule has 1 aliphatic heterocycles. The van der Waals surface area contributed by atoms with Crippen LogP contribution in [0.4, 0.5) is 4.79 Å². The summed E-state index contributed by atoms with van der Waals surface area (Å²) in [5.41, 5.74) is 3.34. The minimum absolute atomic E-state index is 0.521. The average Bonchev–Trinajstić information content (AvgIpc) is 2.23. The zero-order valence-corrected chi connectivity index (χ0v) is 7.60. The van der Waals surface area contributed by atoms with E-state index in [1.54, 1.807) is 0 Å². The number of hydroxylamine groups is 1. The zero-order chi connectivity index (χ0) is 9.97. The summed E-state index contributed by atoms with van der Waals surface area (Å²) in [6.45, 7) is 0. The summed E-state index contributed by atoms with van der Waals surface area (Å²) < 4.78 is 0. The van der Waals surface area contributed by atoms with Crippen LogP contribution in [-0.4, -0.2) is 24.0 Å². The second kappa shape index (κ2) is 3.37. The molecule has 0 atom stereocenters. The third-order valence-corrected chi connectivity index (χ3v) is 1.80. The number of carbonyl (C=O) groups is 1. The van der Waals surface area contributed by atoms with Crippen molar-refractivity contribution in [3.8, 4) is 0 Å². The summed E-state index contributed by atoms with van der Waals surface area (Å²) in [6, 6.07) is 9.42. The molecule has 0 aromatic heterocycles. The molecule has 0 unspecified atom stereocenters. The highest BCUT2D eigenvalue weighted by Gasteiger charge is 2.18. The quantitative estimate of drug-likeness (QED) is 0.718. The molecule has 1 amide bonds. The van der Waals surface area contributed by atoms with Crippen molar-refractivity contribution in [2.75, 3.05) is 7.05 Å². The first-order valence-electron chi connectivity index (χ1n) is 4.12. The van der Waals surface area contributed by atoms with Gasteiger partial charge in [0.15, 0.2) is 5.84 Å². The summed E-state index contributed by atoms with van der Waals surface area (Å²) in [4.78, 5) is 15.6. The number of hydrazone groups is 1. The SMILES string of the molecule is CN1N=C(c2ccccc2)NOC1=O. The maximum absolute atomic E-state index is 10.9. The van der Waals surface area contributed by atoms with E-state index in [0.29, 0.717) is 5.84 Å². The first-order valence-corrected chi connectivity index (χ1v) is 4.12. The van der Waals surface area contributed by atoms with Crippen molar-refractivity contribution in [3.05, 3.63) is 35.9 Å². The van der Waals surface area contributed by atoms with Crippen LogP contribution in [-0.2, 0) is 4.84 Å². The van der Waals surface area contributed by atoms with Crippen molar-refractivity contribution in [2.24, 2.45) is 5.10 Å². The molecule has 5 nitrogen and oxygen atoms in total. The Morgan fingerprint density at radius 1 is 1.36 bits per heavy atom. The molecule has 1 aromatic rings. The highest BCUT2D eigenvalue weighted by Crippen LogP contribution is 2.04. The lowest BCUT2D eigenvalue weighted by atomic mass is 10.2. The molecule has 0 bridgehead atoms. The molecule has 5 heteroatoms. The van der Waals surface area contributed by atoms with E-state index in [2.05, 4.69) is 15.4 Å². The van der Waals surface area contributed by atoms with Crippen molar-refractivity contribution < 1.29 is 9.63 Å². The Morgan fingerprint density at radius 2 is 2.07 bits per heavy atom. The van der Waals surface area contributed by atoms with Crippen molar-refractivity contribution in [1.82, 2.24) is 10.5 Å². The van der Waals surface area contributed by atoms with Gasteiger partial charge in [-0.15, -0.1) is 5.10 Å². The molecule has 1 N–H and O–H groups in total. The zero-order valence-electron chi connectivity index (χ0n) is 7.60. The average molecular weight is 191 g/mol. The molecule has 0 aliphatic carbocycles. The Balaban J connectivity index is 2.29. The standard InChI is InChI=1S/C9H9N3O2/c1-12-9(13)14-11-8(10-12)7-5-3-2-4-6-7/h2-6H,1H3,(H,10,11). The van der Waals surface area contributed by atoms with Crippen LogP contribution >= 0.6 is 0 Å². The van der Waals surface area contributed by atoms with Crippen molar-refractivity contribution in [1.29, 1.82) is 0 Å². The summed E-state index contributed by atoms with van der Waals surface area (Å²) >= 11 is 0. The van der Waals surface area contributed by atoms with E-state index in [4.69, 9.17) is 0 Å². The predicted octanol–water partition coefficient (Wildman–Crippen LogP) is 0.935. The van der Waals surface area contributed by atoms with Crippen LogP contribution in [0.15, 0.2) is 35.4 Å². The van der Waals surface area contributed by atoms with Crippen molar-refractivity contribution >= 4 is 11.9 Å². The lowest BCUT2D eigenvalue weighted by Crippen LogP contribution is -2.40. The molecule has 0 saturated heterocycles. The summed E-state index contributed by atoms with van der Waals surface area (Å²) in [5.74, 6) is 0.521. The largest absolute Gasteiger partial charge is 0.454 e. The fourth-order valence-electron chi connectivity index (χ4n) is 1.08. The van der Waals surface area contributed by atoms with E-state index >= 15 is 0 Å². The summed E-state index contributed by atoms with van der Waals surface area (Å²) in [7, 11) is 1.53. The molecular formula is C9H9N3O2. The molecule has 1 aromatic carbocycles. The van der Waals surface area contributed by atoms with Crippen molar-refractivity contribution in [3.63, 3.8) is 0 Å². The Bertz CT molecular complexity index is 375. The number of nitrogens with one attached hydrogen (secondary N) is 1. The molecule has 72 valence electrons. The van der Waals surface area contributed by atoms with E-state index in [1.807, 2.05) is 30.3 Å². The lowest BCUT2D eigenvalue weighted by molar-refractivity contribution is 0.0760. The van der Waals surface area contributed by atoms with Crippen LogP contribution in [0, 0.1) is 0 Å². The number of amidine groups is 1. The van der Waals surface area contributed by atoms with Gasteiger partial charge in [-0.2, -0.15) is 10.5 Å². The number of hydrogen-bond acceptors (Lipinski definition) is 4. The summed E-state index contributed by atoms with van der Waals surface area (Å²) in [6.07, 6.45) is -0.523. The van der Waals surface area contributed by atoms with Gasteiger partial charge in [0, 0.05) is 12.6 Å². The first kappa shape index (κ1) is 8.55. The molecule has 2 rings (SSSR count). The molecule has 0 saturated carbocycles. The molecule has 0 radical (unpaired) electrons. The Morgan fingerprint density at radius 3 is 2.71 bits per heavy atom. The highest BCUT2D eigenvalue weighted by molar-refractivity contribution is 5.99. The Kier molecular flexibility index (Phi) is 2.06. The van der Waals surface area contributed by atoms with E-state index < -0.39 is 6.09 Å². The smallest absolute Gasteiger partial charge is 0.321 e. The van der Waals surface area contributed by atoms with Gasteiger partial charge in [-0.1, -0.05) is 30.3 Å². The minimum atomic E-state index is -0.523. The van der Waals surface area contributed by atoms with E-state index in [0.717, 1.165) is 10.6 Å². The molecule has 0 fully saturated rings. The number of amides is 1. The van der Waals surface area contributed by atoms with Gasteiger partial charge in [-0.3, -0.25) is 0 Å². The minimum Gasteiger partial charge on any atom is -0.321 e. The monoisotopic (exact) mass is 191 g/mol. The van der Waals surface area contributed by atoms with Gasteiger partial charge >= 0.3 is 6.09 Å². The van der Waals surface area contributed by atoms with Gasteiger partial charge in [0.2, 0.25) is 0 Å². The summed E-state index contributed by atoms with van der Waals surface area (Å²) in [5, 5.41) is 5.14. The Labute approximate surface area is 80.9 Å². The first-order chi connectivity index (χ1) is 6.77. The van der Waals surface area contributed by atoms with Gasteiger partial charge in [-0.05, 0) is 0 Å². The van der Waals surface area contributed by atoms with Crippen LogP contribution in [0.5, 0.6) is 0 Å². The van der Waals surface area contributed by atoms with E-state index in [9.17, 15) is 4.79 Å². The maximum atomic E-state index is 10.9. The number of nitrogens with zero attached hydrogens (tertiary/aromatic N) is 2. The van der Waals surface area contributed by atoms with Gasteiger partial charge in [-0.25, -0.2) is 4.79 Å². The van der Waals surface area contributed by atoms with Crippen LogP contribution in [0.3, 0.4) is 0 Å². The van der Waals surface area contributed by atoms with Gasteiger partial charge in [0.25, 0.3) is 0 Å². The van der Waals surface area contributed by atoms with E-state index in [-0.39, 0.29) is 0 Å². The molecule has 1 aliphatic rings. The molecular weight excluding hydrogens is 182 g/mol. The van der Waals surface area contributed by atoms with Gasteiger partial charge in [0.1, 0.15) is 0 Å². The van der Waals surface area contributed by atoms with Crippen molar-refractivity contribution in [2.45, 2.75) is 0 Å². The number of hydrogen-bond donors (Lipinski definition) is 1. The topological polar surface area (TPSA) is 53.9 Å². The number of carbonyl (C=O) groups excluding carboxylic acids is 1. The molecule has 1 heterocycles. The Hall–Kier alpha value is -2.04. The third kappa shape index (κ3) is 1.52. The highest BCUT2D eigenvalue weighted by atomic mass is 16.7. The number of benzene rings is 1. The van der Waals surface area contributed by atoms with Crippen LogP contribution in [0.25, 0.3) is 0 Å². The van der Waals surface area contributed by atoms with E-state index in [1.165, 1.54) is 7.05 Å². The van der Waals surface area contributed by atoms with Crippen LogP contribution in [0.2, 0.25) is 0 Å². The second-order valence-corrected chi connectivity index (χ2v) is 2.81. The predicted molar refractivity (Wildman–Crippen MR) is 50.4 cm³/mol. The normalized spacial score (nSPS) is 15.6. The third-order valence-electron chi connectivity index (χ3n) is 1.80. The maximum Gasteiger partial charge on any atom is 0.454 e. The van der Waals surface area contributed by atoms with Gasteiger partial charge < -0.3 is 4.84 Å². The fourth-order valence-corrected chi connectivity index (χ4v) is 1.08. The molecule has 0 spiro atoms.